The van der Waals surface area contributed by atoms with Crippen molar-refractivity contribution in [1.82, 2.24) is 0 Å². The largest absolute Gasteiger partial charge is 0.458 e. The topological polar surface area (TPSA) is 171 Å². The maximum Gasteiger partial charge on any atom is 0.338 e. The van der Waals surface area contributed by atoms with Gasteiger partial charge in [-0.15, -0.1) is 10.2 Å². The Kier molecular flexibility index (Phi) is 8.19. The van der Waals surface area contributed by atoms with Gasteiger partial charge >= 0.3 is 5.97 Å². The molecule has 1 spiro atoms. The maximum atomic E-state index is 13.4. The molecule has 2 unspecified atom stereocenters. The number of piperidine rings is 1. The normalized spacial score (nSPS) is 47.0. The van der Waals surface area contributed by atoms with Gasteiger partial charge in [-0.05, 0) is 56.6 Å². The number of fused-ring (bicyclic) bond motifs is 2. The number of aliphatic hydroxyl groups is 1. The van der Waals surface area contributed by atoms with E-state index in [0.29, 0.717) is 23.9 Å². The van der Waals surface area contributed by atoms with Crippen LogP contribution in [-0.4, -0.2) is 82.1 Å². The average molecular weight is 626 g/mol. The van der Waals surface area contributed by atoms with Crippen LogP contribution in [-0.2, 0) is 18.9 Å². The van der Waals surface area contributed by atoms with Crippen LogP contribution < -0.4 is 23.5 Å². The smallest absolute Gasteiger partial charge is 0.338 e. The van der Waals surface area contributed by atoms with Crippen LogP contribution >= 0.6 is 0 Å². The highest BCUT2D eigenvalue weighted by atomic mass is 35.7. The fourth-order valence-electron chi connectivity index (χ4n) is 11.8. The minimum absolute atomic E-state index is 0.0501. The van der Waals surface area contributed by atoms with Gasteiger partial charge in [0.15, 0.2) is 0 Å². The van der Waals surface area contributed by atoms with Gasteiger partial charge in [0.05, 0.1) is 48.5 Å². The number of quaternary nitrogens is 1. The van der Waals surface area contributed by atoms with E-state index in [1.165, 1.54) is 0 Å². The van der Waals surface area contributed by atoms with Crippen LogP contribution in [0.25, 0.3) is 0 Å². The SMILES string of the molecule is CC[NH+]1C[C@]2(COC)CC[C@H](OC)[C@]34C1[C@H](C[C@H]23)[C@@]1(O)C[C@H](OC)[C@H]2C[C@@H]4[C@@H]1[C@H]2OC(=O)c1ccccc1.[O-][Cl+3]([O-])([O-])[O-]. The molecule has 1 aromatic rings. The van der Waals surface area contributed by atoms with Gasteiger partial charge in [0.1, 0.15) is 12.1 Å². The Morgan fingerprint density at radius 1 is 1.07 bits per heavy atom. The van der Waals surface area contributed by atoms with Crippen molar-refractivity contribution in [2.45, 2.75) is 69.0 Å². The number of benzene rings is 1. The molecule has 5 saturated carbocycles. The molecule has 12 heteroatoms. The third-order valence-electron chi connectivity index (χ3n) is 12.6. The second-order valence-electron chi connectivity index (χ2n) is 13.7. The third-order valence-corrected chi connectivity index (χ3v) is 12.6. The molecule has 5 aliphatic carbocycles. The minimum atomic E-state index is -4.94. The van der Waals surface area contributed by atoms with Gasteiger partial charge in [-0.3, -0.25) is 0 Å². The lowest BCUT2D eigenvalue weighted by Crippen LogP contribution is -3.21. The van der Waals surface area contributed by atoms with E-state index in [-0.39, 0.29) is 58.8 Å². The van der Waals surface area contributed by atoms with Crippen LogP contribution in [0.4, 0.5) is 0 Å². The van der Waals surface area contributed by atoms with Crippen molar-refractivity contribution in [2.24, 2.45) is 40.4 Å². The standard InChI is InChI=1S/C31H43NO6.ClHO4/c1-5-32-16-29(17-35-2)12-11-24(37-4)31-20-13-19-22(36-3)15-30(34,21(27(31)32)14-23(29)31)25(20)26(19)38-28(33)18-9-7-6-8-10-18;2-1(3,4)5/h6-10,19-27,34H,5,11-17H2,1-4H3;(H,2,3,4,5)/t19-,20-,21+,22+,23-,24+,25-,26+,27?,29+,30+,31-;/m1./s1. The van der Waals surface area contributed by atoms with E-state index in [4.69, 9.17) is 37.6 Å². The molecule has 11 nitrogen and oxygen atoms in total. The van der Waals surface area contributed by atoms with E-state index in [2.05, 4.69) is 6.92 Å². The summed E-state index contributed by atoms with van der Waals surface area (Å²) in [6.45, 7) is 5.21. The molecule has 7 bridgehead atoms. The van der Waals surface area contributed by atoms with Crippen LogP contribution in [0, 0.1) is 50.7 Å². The summed E-state index contributed by atoms with van der Waals surface area (Å²) in [5.41, 5.74) is -0.306. The lowest BCUT2D eigenvalue weighted by Gasteiger charge is -2.67. The summed E-state index contributed by atoms with van der Waals surface area (Å²) in [6.07, 6.45) is 4.37. The van der Waals surface area contributed by atoms with E-state index in [0.717, 1.165) is 45.4 Å². The zero-order chi connectivity index (χ0) is 30.9. The number of likely N-dealkylation sites (tertiary alicyclic amines) is 1. The maximum absolute atomic E-state index is 13.4. The molecular weight excluding hydrogens is 582 g/mol. The van der Waals surface area contributed by atoms with E-state index in [1.54, 1.807) is 12.0 Å². The van der Waals surface area contributed by atoms with Crippen LogP contribution in [0.3, 0.4) is 0 Å². The van der Waals surface area contributed by atoms with Gasteiger partial charge in [0.2, 0.25) is 0 Å². The average Bonchev–Trinajstić information content (AvgIpc) is 3.41. The number of carbonyl (C=O) groups excluding carboxylic acids is 1. The molecule has 1 aliphatic heterocycles. The lowest BCUT2D eigenvalue weighted by molar-refractivity contribution is -2.00. The Morgan fingerprint density at radius 2 is 1.77 bits per heavy atom. The van der Waals surface area contributed by atoms with Crippen molar-refractivity contribution in [3.05, 3.63) is 35.9 Å². The molecule has 1 heterocycles. The monoisotopic (exact) mass is 625 g/mol. The number of methoxy groups -OCH3 is 3. The Bertz CT molecular complexity index is 1180. The number of carbonyl (C=O) groups is 1. The van der Waals surface area contributed by atoms with Gasteiger partial charge in [-0.25, -0.2) is 23.4 Å². The number of esters is 1. The summed E-state index contributed by atoms with van der Waals surface area (Å²) in [7, 11) is 0.552. The first-order chi connectivity index (χ1) is 20.4. The predicted molar refractivity (Wildman–Crippen MR) is 140 cm³/mol. The molecule has 2 N–H and O–H groups in total. The zero-order valence-electron chi connectivity index (χ0n) is 25.2. The molecule has 240 valence electrons. The summed E-state index contributed by atoms with van der Waals surface area (Å²) in [5, 5.41) is 12.9. The molecule has 1 aromatic carbocycles. The Labute approximate surface area is 254 Å². The number of ether oxygens (including phenoxy) is 4. The minimum Gasteiger partial charge on any atom is -0.458 e. The van der Waals surface area contributed by atoms with Gasteiger partial charge in [0.25, 0.3) is 0 Å². The van der Waals surface area contributed by atoms with Gasteiger partial charge in [0, 0.05) is 50.9 Å². The number of nitrogens with one attached hydrogen (secondary N) is 1. The molecule has 7 rings (SSSR count). The molecule has 0 amide bonds. The summed E-state index contributed by atoms with van der Waals surface area (Å²) < 4.78 is 58.9. The first-order valence-corrected chi connectivity index (χ1v) is 16.6. The predicted octanol–water partition coefficient (Wildman–Crippen LogP) is -2.78. The Hall–Kier alpha value is -1.38. The van der Waals surface area contributed by atoms with E-state index < -0.39 is 15.8 Å². The second-order valence-corrected chi connectivity index (χ2v) is 14.5. The quantitative estimate of drug-likeness (QED) is 0.302. The first kappa shape index (κ1) is 31.6. The molecule has 1 saturated heterocycles. The van der Waals surface area contributed by atoms with Crippen LogP contribution in [0.5, 0.6) is 0 Å². The molecule has 0 aromatic heterocycles. The summed E-state index contributed by atoms with van der Waals surface area (Å²) in [6, 6.07) is 9.62. The van der Waals surface area contributed by atoms with Crippen LogP contribution in [0.15, 0.2) is 30.3 Å². The summed E-state index contributed by atoms with van der Waals surface area (Å²) >= 11 is 0. The van der Waals surface area contributed by atoms with Crippen molar-refractivity contribution in [1.29, 1.82) is 0 Å². The molecule has 0 radical (unpaired) electrons. The molecule has 6 fully saturated rings. The highest BCUT2D eigenvalue weighted by Gasteiger charge is 2.86. The van der Waals surface area contributed by atoms with E-state index in [9.17, 15) is 9.90 Å². The van der Waals surface area contributed by atoms with Gasteiger partial charge in [-0.1, -0.05) is 18.2 Å². The Balaban J connectivity index is 0.000000611. The molecule has 43 heavy (non-hydrogen) atoms. The molecular formula is C31H44ClNO10. The number of hydrogen-bond acceptors (Lipinski definition) is 10. The van der Waals surface area contributed by atoms with E-state index >= 15 is 0 Å². The summed E-state index contributed by atoms with van der Waals surface area (Å²) in [5.74, 6) is 0.501. The number of hydrogen-bond donors (Lipinski definition) is 2. The van der Waals surface area contributed by atoms with Crippen molar-refractivity contribution < 1.29 is 62.6 Å². The highest BCUT2D eigenvalue weighted by Crippen LogP contribution is 2.77. The van der Waals surface area contributed by atoms with Crippen LogP contribution in [0.2, 0.25) is 0 Å². The lowest BCUT2D eigenvalue weighted by atomic mass is 9.43. The summed E-state index contributed by atoms with van der Waals surface area (Å²) in [4.78, 5) is 15.0. The van der Waals surface area contributed by atoms with Crippen molar-refractivity contribution in [3.8, 4) is 0 Å². The zero-order valence-corrected chi connectivity index (χ0v) is 26.0. The van der Waals surface area contributed by atoms with Crippen molar-refractivity contribution in [2.75, 3.05) is 41.0 Å². The van der Waals surface area contributed by atoms with Crippen molar-refractivity contribution >= 4 is 5.97 Å². The molecule has 13 atom stereocenters. The second kappa shape index (κ2) is 11.2. The molecule has 6 aliphatic rings. The number of rotatable bonds is 7. The fraction of sp³-hybridized carbons (Fsp3) is 0.774. The fourth-order valence-corrected chi connectivity index (χ4v) is 11.8. The third kappa shape index (κ3) is 4.61. The van der Waals surface area contributed by atoms with E-state index in [1.807, 2.05) is 44.6 Å². The first-order valence-electron chi connectivity index (χ1n) is 15.4. The van der Waals surface area contributed by atoms with Gasteiger partial charge in [-0.2, -0.15) is 0 Å². The van der Waals surface area contributed by atoms with Crippen molar-refractivity contribution in [3.63, 3.8) is 0 Å². The Morgan fingerprint density at radius 3 is 2.37 bits per heavy atom. The number of halogens is 1. The highest BCUT2D eigenvalue weighted by molar-refractivity contribution is 5.89. The van der Waals surface area contributed by atoms with Gasteiger partial charge < -0.3 is 29.0 Å². The van der Waals surface area contributed by atoms with Crippen LogP contribution in [0.1, 0.15) is 49.4 Å².